The number of benzene rings is 2. The van der Waals surface area contributed by atoms with Crippen molar-refractivity contribution in [3.8, 4) is 5.75 Å². The molecule has 5 nitrogen and oxygen atoms in total. The highest BCUT2D eigenvalue weighted by atomic mass is 16.5. The first kappa shape index (κ1) is 17.5. The van der Waals surface area contributed by atoms with Gasteiger partial charge in [-0.15, -0.1) is 0 Å². The molecule has 0 aliphatic carbocycles. The van der Waals surface area contributed by atoms with Crippen LogP contribution in [0.4, 0.5) is 11.4 Å². The molecule has 0 saturated heterocycles. The summed E-state index contributed by atoms with van der Waals surface area (Å²) in [7, 11) is 0. The van der Waals surface area contributed by atoms with E-state index in [0.717, 1.165) is 12.0 Å². The molecule has 2 rings (SSSR count). The molecule has 0 atom stereocenters. The van der Waals surface area contributed by atoms with Gasteiger partial charge in [-0.1, -0.05) is 25.1 Å². The molecule has 2 aromatic carbocycles. The molecule has 0 bridgehead atoms. The van der Waals surface area contributed by atoms with Crippen molar-refractivity contribution in [2.24, 2.45) is 0 Å². The number of hydrogen-bond donors (Lipinski definition) is 2. The molecule has 0 unspecified atom stereocenters. The SMILES string of the molecule is CCCC(=O)Nc1cccc(NC(=O)COc2cccc(C)c2)c1. The highest BCUT2D eigenvalue weighted by Crippen LogP contribution is 2.16. The van der Waals surface area contributed by atoms with E-state index in [1.807, 2.05) is 38.1 Å². The molecule has 0 heterocycles. The zero-order chi connectivity index (χ0) is 17.4. The molecular weight excluding hydrogens is 304 g/mol. The van der Waals surface area contributed by atoms with Crippen LogP contribution in [0.1, 0.15) is 25.3 Å². The van der Waals surface area contributed by atoms with E-state index in [4.69, 9.17) is 4.74 Å². The largest absolute Gasteiger partial charge is 0.484 e. The average Bonchev–Trinajstić information content (AvgIpc) is 2.53. The van der Waals surface area contributed by atoms with Gasteiger partial charge in [-0.25, -0.2) is 0 Å². The number of ether oxygens (including phenoxy) is 1. The Hall–Kier alpha value is -2.82. The Morgan fingerprint density at radius 2 is 1.62 bits per heavy atom. The van der Waals surface area contributed by atoms with Gasteiger partial charge in [0.05, 0.1) is 0 Å². The summed E-state index contributed by atoms with van der Waals surface area (Å²) in [5.74, 6) is 0.364. The Morgan fingerprint density at radius 3 is 2.29 bits per heavy atom. The lowest BCUT2D eigenvalue weighted by Crippen LogP contribution is -2.20. The second-order valence-corrected chi connectivity index (χ2v) is 5.53. The fourth-order valence-electron chi connectivity index (χ4n) is 2.18. The zero-order valence-corrected chi connectivity index (χ0v) is 14.0. The van der Waals surface area contributed by atoms with Gasteiger partial charge in [0.15, 0.2) is 6.61 Å². The van der Waals surface area contributed by atoms with Crippen LogP contribution < -0.4 is 15.4 Å². The van der Waals surface area contributed by atoms with Crippen LogP contribution in [0.2, 0.25) is 0 Å². The fraction of sp³-hybridized carbons (Fsp3) is 0.263. The summed E-state index contributed by atoms with van der Waals surface area (Å²) in [6, 6.07) is 14.6. The van der Waals surface area contributed by atoms with E-state index in [9.17, 15) is 9.59 Å². The summed E-state index contributed by atoms with van der Waals surface area (Å²) in [5.41, 5.74) is 2.34. The Bertz CT molecular complexity index is 713. The van der Waals surface area contributed by atoms with Gasteiger partial charge in [-0.2, -0.15) is 0 Å². The van der Waals surface area contributed by atoms with E-state index >= 15 is 0 Å². The van der Waals surface area contributed by atoms with Gasteiger partial charge in [0, 0.05) is 17.8 Å². The lowest BCUT2D eigenvalue weighted by atomic mass is 10.2. The third kappa shape index (κ3) is 5.76. The zero-order valence-electron chi connectivity index (χ0n) is 14.0. The Kier molecular flexibility index (Phi) is 6.37. The molecule has 0 radical (unpaired) electrons. The predicted octanol–water partition coefficient (Wildman–Crippen LogP) is 3.75. The van der Waals surface area contributed by atoms with Crippen LogP contribution in [-0.2, 0) is 9.59 Å². The highest BCUT2D eigenvalue weighted by Gasteiger charge is 2.06. The maximum Gasteiger partial charge on any atom is 0.262 e. The maximum atomic E-state index is 12.0. The first-order chi connectivity index (χ1) is 11.6. The van der Waals surface area contributed by atoms with Crippen LogP contribution in [0.25, 0.3) is 0 Å². The van der Waals surface area contributed by atoms with Gasteiger partial charge in [-0.3, -0.25) is 9.59 Å². The number of nitrogens with one attached hydrogen (secondary N) is 2. The number of hydrogen-bond acceptors (Lipinski definition) is 3. The summed E-state index contributed by atoms with van der Waals surface area (Å²) in [6.45, 7) is 3.84. The molecule has 0 aliphatic heterocycles. The molecule has 126 valence electrons. The van der Waals surface area contributed by atoms with Crippen LogP contribution >= 0.6 is 0 Å². The van der Waals surface area contributed by atoms with Crippen molar-refractivity contribution in [3.63, 3.8) is 0 Å². The Morgan fingerprint density at radius 1 is 0.958 bits per heavy atom. The van der Waals surface area contributed by atoms with Crippen molar-refractivity contribution in [3.05, 3.63) is 54.1 Å². The van der Waals surface area contributed by atoms with Gasteiger partial charge >= 0.3 is 0 Å². The predicted molar refractivity (Wildman–Crippen MR) is 95.3 cm³/mol. The highest BCUT2D eigenvalue weighted by molar-refractivity contribution is 5.94. The number of carbonyl (C=O) groups is 2. The number of rotatable bonds is 7. The molecule has 0 spiro atoms. The molecule has 0 fully saturated rings. The molecule has 0 aliphatic rings. The van der Waals surface area contributed by atoms with Crippen molar-refractivity contribution >= 4 is 23.2 Å². The van der Waals surface area contributed by atoms with E-state index < -0.39 is 0 Å². The first-order valence-electron chi connectivity index (χ1n) is 7.96. The van der Waals surface area contributed by atoms with Gasteiger partial charge < -0.3 is 15.4 Å². The topological polar surface area (TPSA) is 67.4 Å². The van der Waals surface area contributed by atoms with Crippen LogP contribution in [-0.4, -0.2) is 18.4 Å². The molecular formula is C19H22N2O3. The van der Waals surface area contributed by atoms with E-state index in [0.29, 0.717) is 23.5 Å². The Labute approximate surface area is 142 Å². The van der Waals surface area contributed by atoms with Gasteiger partial charge in [-0.05, 0) is 49.2 Å². The average molecular weight is 326 g/mol. The van der Waals surface area contributed by atoms with E-state index in [-0.39, 0.29) is 18.4 Å². The lowest BCUT2D eigenvalue weighted by molar-refractivity contribution is -0.118. The summed E-state index contributed by atoms with van der Waals surface area (Å²) in [6.07, 6.45) is 1.26. The minimum atomic E-state index is -0.256. The summed E-state index contributed by atoms with van der Waals surface area (Å²) >= 11 is 0. The third-order valence-corrected chi connectivity index (χ3v) is 3.27. The minimum Gasteiger partial charge on any atom is -0.484 e. The molecule has 0 aromatic heterocycles. The van der Waals surface area contributed by atoms with Crippen molar-refractivity contribution in [1.82, 2.24) is 0 Å². The molecule has 2 aromatic rings. The molecule has 5 heteroatoms. The van der Waals surface area contributed by atoms with E-state index in [1.165, 1.54) is 0 Å². The number of anilines is 2. The molecule has 2 N–H and O–H groups in total. The van der Waals surface area contributed by atoms with E-state index in [1.54, 1.807) is 24.3 Å². The summed E-state index contributed by atoms with van der Waals surface area (Å²) < 4.78 is 5.47. The second kappa shape index (κ2) is 8.72. The van der Waals surface area contributed by atoms with Crippen molar-refractivity contribution in [2.75, 3.05) is 17.2 Å². The first-order valence-corrected chi connectivity index (χ1v) is 7.96. The number of amides is 2. The summed E-state index contributed by atoms with van der Waals surface area (Å²) in [4.78, 5) is 23.6. The fourth-order valence-corrected chi connectivity index (χ4v) is 2.18. The van der Waals surface area contributed by atoms with Crippen molar-refractivity contribution in [2.45, 2.75) is 26.7 Å². The standard InChI is InChI=1S/C19H22N2O3/c1-3-6-18(22)20-15-8-5-9-16(12-15)21-19(23)13-24-17-10-4-7-14(2)11-17/h4-5,7-12H,3,6,13H2,1-2H3,(H,20,22)(H,21,23). The maximum absolute atomic E-state index is 12.0. The van der Waals surface area contributed by atoms with Gasteiger partial charge in [0.2, 0.25) is 5.91 Å². The summed E-state index contributed by atoms with van der Waals surface area (Å²) in [5, 5.41) is 5.56. The number of carbonyl (C=O) groups excluding carboxylic acids is 2. The van der Waals surface area contributed by atoms with Crippen LogP contribution in [0, 0.1) is 6.92 Å². The van der Waals surface area contributed by atoms with Crippen LogP contribution in [0.3, 0.4) is 0 Å². The minimum absolute atomic E-state index is 0.0382. The van der Waals surface area contributed by atoms with Crippen molar-refractivity contribution in [1.29, 1.82) is 0 Å². The van der Waals surface area contributed by atoms with E-state index in [2.05, 4.69) is 10.6 Å². The van der Waals surface area contributed by atoms with Crippen LogP contribution in [0.5, 0.6) is 5.75 Å². The van der Waals surface area contributed by atoms with Gasteiger partial charge in [0.25, 0.3) is 5.91 Å². The second-order valence-electron chi connectivity index (χ2n) is 5.53. The third-order valence-electron chi connectivity index (χ3n) is 3.27. The lowest BCUT2D eigenvalue weighted by Gasteiger charge is -2.10. The molecule has 2 amide bonds. The van der Waals surface area contributed by atoms with Gasteiger partial charge in [0.1, 0.15) is 5.75 Å². The van der Waals surface area contributed by atoms with Crippen LogP contribution in [0.15, 0.2) is 48.5 Å². The molecule has 0 saturated carbocycles. The van der Waals surface area contributed by atoms with Crippen molar-refractivity contribution < 1.29 is 14.3 Å². The smallest absolute Gasteiger partial charge is 0.262 e. The Balaban J connectivity index is 1.88. The monoisotopic (exact) mass is 326 g/mol. The molecule has 24 heavy (non-hydrogen) atoms. The number of aryl methyl sites for hydroxylation is 1. The quantitative estimate of drug-likeness (QED) is 0.814. The normalized spacial score (nSPS) is 10.1.